The van der Waals surface area contributed by atoms with E-state index in [-0.39, 0.29) is 29.9 Å². The number of anilines is 1. The third-order valence-electron chi connectivity index (χ3n) is 1.52. The summed E-state index contributed by atoms with van der Waals surface area (Å²) in [6.45, 7) is 1.53. The number of carbonyl (C=O) groups excluding carboxylic acids is 1. The van der Waals surface area contributed by atoms with Gasteiger partial charge in [-0.3, -0.25) is 14.3 Å². The summed E-state index contributed by atoms with van der Waals surface area (Å²) in [5.74, 6) is 0.00635. The minimum absolute atomic E-state index is 0. The van der Waals surface area contributed by atoms with Gasteiger partial charge < -0.3 is 24.0 Å². The molecule has 0 N–H and O–H groups in total. The molecule has 7 heteroatoms. The quantitative estimate of drug-likeness (QED) is 0.314. The van der Waals surface area contributed by atoms with Gasteiger partial charge in [0.2, 0.25) is 5.91 Å². The number of nitrogens with zero attached hydrogens (tertiary/aromatic N) is 3. The van der Waals surface area contributed by atoms with Crippen molar-refractivity contribution in [2.24, 2.45) is 0 Å². The van der Waals surface area contributed by atoms with E-state index in [9.17, 15) is 4.79 Å². The molecule has 1 aromatic heterocycles. The molecule has 0 radical (unpaired) electrons. The predicted octanol–water partition coefficient (Wildman–Crippen LogP) is -2.78. The number of carbonyl (C=O) groups is 1. The number of halogens is 1. The molecule has 1 aromatic rings. The van der Waals surface area contributed by atoms with Gasteiger partial charge in [0.1, 0.15) is 0 Å². The van der Waals surface area contributed by atoms with Crippen LogP contribution in [-0.4, -0.2) is 32.0 Å². The van der Waals surface area contributed by atoms with Crippen molar-refractivity contribution in [1.82, 2.24) is 9.56 Å². The minimum atomic E-state index is 0. The van der Waals surface area contributed by atoms with Crippen LogP contribution in [0.3, 0.4) is 0 Å². The normalized spacial score (nSPS) is 9.14. The van der Waals surface area contributed by atoms with Gasteiger partial charge in [-0.1, -0.05) is 0 Å². The second-order valence-electron chi connectivity index (χ2n) is 2.82. The number of hydrogen-bond acceptors (Lipinski definition) is 4. The zero-order valence-corrected chi connectivity index (χ0v) is 12.2. The molecule has 0 bridgehead atoms. The number of hydrogen-bond donors (Lipinski definition) is 0. The topological polar surface area (TPSA) is 36.2 Å². The summed E-state index contributed by atoms with van der Waals surface area (Å²) in [6, 6.07) is 0. The molecule has 14 heavy (non-hydrogen) atoms. The molecule has 0 atom stereocenters. The van der Waals surface area contributed by atoms with Gasteiger partial charge in [0, 0.05) is 29.3 Å². The van der Waals surface area contributed by atoms with Crippen LogP contribution in [0.1, 0.15) is 6.92 Å². The Bertz CT molecular complexity index is 380. The third kappa shape index (κ3) is 3.28. The maximum Gasteiger partial charge on any atom is 0.390 e. The summed E-state index contributed by atoms with van der Waals surface area (Å²) >= 11 is 0. The van der Waals surface area contributed by atoms with E-state index in [1.165, 1.54) is 17.3 Å². The first-order valence-electron chi connectivity index (χ1n) is 3.74. The Morgan fingerprint density at radius 3 is 2.36 bits per heavy atom. The number of rotatable bonds is 1. The highest BCUT2D eigenvalue weighted by molar-refractivity contribution is 7.69. The monoisotopic (exact) mass is 345 g/mol. The van der Waals surface area contributed by atoms with E-state index in [1.807, 2.05) is 18.7 Å². The van der Waals surface area contributed by atoms with Crippen molar-refractivity contribution in [3.8, 4) is 0 Å². The van der Waals surface area contributed by atoms with Gasteiger partial charge in [0.05, 0.1) is 14.1 Å². The molecule has 0 aliphatic rings. The Balaban J connectivity index is 0.00000169. The van der Waals surface area contributed by atoms with E-state index in [0.29, 0.717) is 0 Å². The van der Waals surface area contributed by atoms with Crippen LogP contribution in [0.15, 0.2) is 0 Å². The van der Waals surface area contributed by atoms with Crippen molar-refractivity contribution in [1.29, 1.82) is 0 Å². The molecule has 0 unspecified atom stereocenters. The van der Waals surface area contributed by atoms with Gasteiger partial charge in [0.15, 0.2) is 0 Å². The molecule has 0 aliphatic carbocycles. The van der Waals surface area contributed by atoms with Gasteiger partial charge >= 0.3 is 9.93 Å². The third-order valence-corrected chi connectivity index (χ3v) is 3.87. The molecule has 0 fully saturated rings. The second-order valence-corrected chi connectivity index (χ2v) is 4.88. The lowest BCUT2D eigenvalue weighted by Crippen LogP contribution is -3.00. The average Bonchev–Trinajstić information content (AvgIpc) is 2.50. The molecule has 1 heterocycles. The van der Waals surface area contributed by atoms with E-state index < -0.39 is 0 Å². The molecule has 0 aromatic carbocycles. The lowest BCUT2D eigenvalue weighted by atomic mass is 10.6. The predicted molar refractivity (Wildman–Crippen MR) is 56.2 cm³/mol. The SMILES string of the molecule is CC(=O)N(C)c1nc(=[N+](C)C)ss1.[I-]. The Hall–Kier alpha value is -0.0200. The van der Waals surface area contributed by atoms with E-state index in [2.05, 4.69) is 4.98 Å². The lowest BCUT2D eigenvalue weighted by molar-refractivity contribution is -0.116. The minimum Gasteiger partial charge on any atom is -1.00 e. The maximum atomic E-state index is 11.0. The number of amides is 1. The summed E-state index contributed by atoms with van der Waals surface area (Å²) in [5.41, 5.74) is 0. The van der Waals surface area contributed by atoms with Gasteiger partial charge in [-0.25, -0.2) is 0 Å². The van der Waals surface area contributed by atoms with Gasteiger partial charge in [-0.2, -0.15) is 0 Å². The standard InChI is InChI=1S/C7H12N3OS2.HI/c1-5(11)10(4)7-8-6(9(2)3)12-13-7;/h1-4H3;1H/q+1;/p-1. The fourth-order valence-corrected chi connectivity index (χ4v) is 2.93. The van der Waals surface area contributed by atoms with Crippen LogP contribution in [0.4, 0.5) is 5.13 Å². The largest absolute Gasteiger partial charge is 1.00 e. The van der Waals surface area contributed by atoms with Crippen molar-refractivity contribution in [3.63, 3.8) is 0 Å². The van der Waals surface area contributed by atoms with Crippen LogP contribution in [0, 0.1) is 0 Å². The molecular weight excluding hydrogens is 333 g/mol. The molecule has 80 valence electrons. The van der Waals surface area contributed by atoms with Crippen LogP contribution in [0.25, 0.3) is 0 Å². The summed E-state index contributed by atoms with van der Waals surface area (Å²) in [7, 11) is 8.67. The molecule has 0 saturated carbocycles. The highest BCUT2D eigenvalue weighted by Crippen LogP contribution is 2.16. The Morgan fingerprint density at radius 1 is 1.43 bits per heavy atom. The first kappa shape index (κ1) is 14.0. The maximum absolute atomic E-state index is 11.0. The molecule has 1 rings (SSSR count). The van der Waals surface area contributed by atoms with Crippen LogP contribution in [0.5, 0.6) is 0 Å². The van der Waals surface area contributed by atoms with E-state index in [4.69, 9.17) is 0 Å². The highest BCUT2D eigenvalue weighted by atomic mass is 127. The first-order valence-corrected chi connectivity index (χ1v) is 5.89. The Morgan fingerprint density at radius 2 is 2.00 bits per heavy atom. The van der Waals surface area contributed by atoms with Crippen LogP contribution < -0.4 is 38.3 Å². The highest BCUT2D eigenvalue weighted by Gasteiger charge is 2.15. The van der Waals surface area contributed by atoms with Crippen molar-refractivity contribution >= 4 is 31.7 Å². The van der Waals surface area contributed by atoms with Crippen molar-refractivity contribution in [2.45, 2.75) is 6.92 Å². The van der Waals surface area contributed by atoms with Crippen LogP contribution in [-0.2, 0) is 4.79 Å². The number of aromatic nitrogens is 1. The van der Waals surface area contributed by atoms with Crippen LogP contribution >= 0.6 is 20.7 Å². The first-order chi connectivity index (χ1) is 6.02. The summed E-state index contributed by atoms with van der Waals surface area (Å²) in [5, 5.41) is 0.751. The molecule has 0 saturated heterocycles. The van der Waals surface area contributed by atoms with Crippen molar-refractivity contribution in [3.05, 3.63) is 4.80 Å². The second kappa shape index (κ2) is 5.76. The smallest absolute Gasteiger partial charge is 0.390 e. The summed E-state index contributed by atoms with van der Waals surface area (Å²) in [6.07, 6.45) is 0. The van der Waals surface area contributed by atoms with E-state index in [0.717, 1.165) is 9.93 Å². The summed E-state index contributed by atoms with van der Waals surface area (Å²) in [4.78, 5) is 17.8. The van der Waals surface area contributed by atoms with Gasteiger partial charge in [0.25, 0.3) is 0 Å². The zero-order chi connectivity index (χ0) is 10.0. The fourth-order valence-electron chi connectivity index (χ4n) is 0.634. The molecule has 0 spiro atoms. The van der Waals surface area contributed by atoms with E-state index in [1.54, 1.807) is 22.3 Å². The molecule has 0 aliphatic heterocycles. The Kier molecular flexibility index (Phi) is 5.75. The van der Waals surface area contributed by atoms with Crippen LogP contribution in [0.2, 0.25) is 0 Å². The molecule has 1 amide bonds. The van der Waals surface area contributed by atoms with Gasteiger partial charge in [-0.15, -0.1) is 0 Å². The lowest BCUT2D eigenvalue weighted by Gasteiger charge is -2.04. The van der Waals surface area contributed by atoms with Crippen molar-refractivity contribution in [2.75, 3.05) is 26.0 Å². The summed E-state index contributed by atoms with van der Waals surface area (Å²) < 4.78 is 1.93. The van der Waals surface area contributed by atoms with E-state index >= 15 is 0 Å². The molecular formula is C7H12IN3OS2. The van der Waals surface area contributed by atoms with Crippen molar-refractivity contribution < 1.29 is 28.8 Å². The molecule has 4 nitrogen and oxygen atoms in total. The average molecular weight is 345 g/mol. The fraction of sp³-hybridized carbons (Fsp3) is 0.571. The Labute approximate surface area is 107 Å². The zero-order valence-electron chi connectivity index (χ0n) is 8.44. The van der Waals surface area contributed by atoms with Gasteiger partial charge in [-0.05, 0) is 10.3 Å².